The van der Waals surface area contributed by atoms with E-state index in [1.54, 1.807) is 18.2 Å². The van der Waals surface area contributed by atoms with Crippen molar-refractivity contribution in [3.05, 3.63) is 70.9 Å². The van der Waals surface area contributed by atoms with Crippen LogP contribution in [0.3, 0.4) is 0 Å². The van der Waals surface area contributed by atoms with Gasteiger partial charge < -0.3 is 10.6 Å². The fourth-order valence-electron chi connectivity index (χ4n) is 2.64. The molecule has 0 unspecified atom stereocenters. The van der Waals surface area contributed by atoms with Gasteiger partial charge in [-0.2, -0.15) is 0 Å². The van der Waals surface area contributed by atoms with Gasteiger partial charge in [-0.3, -0.25) is 14.6 Å². The number of halogens is 1. The molecule has 3 rings (SSSR count). The molecule has 1 heterocycles. The van der Waals surface area contributed by atoms with Crippen LogP contribution < -0.4 is 10.6 Å². The molecule has 0 fully saturated rings. The van der Waals surface area contributed by atoms with Gasteiger partial charge in [0.25, 0.3) is 0 Å². The number of aromatic nitrogens is 1. The number of carbonyl (C=O) groups is 2. The number of carbonyl (C=O) groups excluding carboxylic acids is 2. The zero-order valence-electron chi connectivity index (χ0n) is 14.3. The average molecular weight is 368 g/mol. The number of anilines is 1. The molecule has 3 aromatic rings. The Morgan fingerprint density at radius 3 is 2.54 bits per heavy atom. The van der Waals surface area contributed by atoms with Crippen molar-refractivity contribution in [2.24, 2.45) is 0 Å². The summed E-state index contributed by atoms with van der Waals surface area (Å²) in [6.07, 6.45) is 0.619. The molecule has 0 aliphatic heterocycles. The molecule has 1 aromatic heterocycles. The number of aryl methyl sites for hydroxylation is 1. The number of rotatable bonds is 4. The van der Waals surface area contributed by atoms with Gasteiger partial charge in [0.05, 0.1) is 11.2 Å². The molecule has 2 amide bonds. The molecule has 0 saturated heterocycles. The standard InChI is InChI=1S/C20H18ClN3O2/c1-13-12-18(16-4-2-3-5-17(16)23-13)24-20(26)19(25)22-11-10-14-6-8-15(21)9-7-14/h2-9,12H,10-11H2,1H3,(H,22,25)(H,23,24,26). The van der Waals surface area contributed by atoms with Gasteiger partial charge in [0, 0.05) is 22.6 Å². The topological polar surface area (TPSA) is 71.1 Å². The van der Waals surface area contributed by atoms with Crippen LogP contribution in [0, 0.1) is 6.92 Å². The van der Waals surface area contributed by atoms with E-state index >= 15 is 0 Å². The molecular formula is C20H18ClN3O2. The van der Waals surface area contributed by atoms with E-state index in [4.69, 9.17) is 11.6 Å². The lowest BCUT2D eigenvalue weighted by molar-refractivity contribution is -0.136. The lowest BCUT2D eigenvalue weighted by atomic mass is 10.1. The van der Waals surface area contributed by atoms with E-state index in [1.807, 2.05) is 43.3 Å². The Kier molecular flexibility index (Phi) is 5.49. The third-order valence-electron chi connectivity index (χ3n) is 3.91. The summed E-state index contributed by atoms with van der Waals surface area (Å²) in [6, 6.07) is 16.6. The van der Waals surface area contributed by atoms with Crippen LogP contribution in [0.5, 0.6) is 0 Å². The van der Waals surface area contributed by atoms with E-state index in [0.29, 0.717) is 23.7 Å². The first-order chi connectivity index (χ1) is 12.5. The van der Waals surface area contributed by atoms with Crippen molar-refractivity contribution in [1.29, 1.82) is 0 Å². The number of para-hydroxylation sites is 1. The second-order valence-electron chi connectivity index (χ2n) is 5.91. The summed E-state index contributed by atoms with van der Waals surface area (Å²) in [5, 5.41) is 6.76. The van der Waals surface area contributed by atoms with E-state index in [1.165, 1.54) is 0 Å². The second kappa shape index (κ2) is 7.97. The maximum absolute atomic E-state index is 12.2. The maximum Gasteiger partial charge on any atom is 0.313 e. The molecule has 0 saturated carbocycles. The first kappa shape index (κ1) is 17.9. The Morgan fingerprint density at radius 2 is 1.77 bits per heavy atom. The lowest BCUT2D eigenvalue weighted by Crippen LogP contribution is -2.36. The highest BCUT2D eigenvalue weighted by molar-refractivity contribution is 6.40. The molecule has 0 bridgehead atoms. The lowest BCUT2D eigenvalue weighted by Gasteiger charge is -2.10. The molecule has 0 aliphatic rings. The summed E-state index contributed by atoms with van der Waals surface area (Å²) in [5.74, 6) is -1.37. The minimum atomic E-state index is -0.697. The summed E-state index contributed by atoms with van der Waals surface area (Å²) in [4.78, 5) is 28.7. The molecule has 0 spiro atoms. The molecule has 2 N–H and O–H groups in total. The van der Waals surface area contributed by atoms with Crippen LogP contribution in [0.1, 0.15) is 11.3 Å². The Morgan fingerprint density at radius 1 is 1.04 bits per heavy atom. The Hall–Kier alpha value is -2.92. The van der Waals surface area contributed by atoms with Gasteiger partial charge in [0.1, 0.15) is 0 Å². The highest BCUT2D eigenvalue weighted by Gasteiger charge is 2.15. The predicted molar refractivity (Wildman–Crippen MR) is 103 cm³/mol. The third kappa shape index (κ3) is 4.37. The summed E-state index contributed by atoms with van der Waals surface area (Å²) in [6.45, 7) is 2.21. The number of benzene rings is 2. The van der Waals surface area contributed by atoms with Gasteiger partial charge in [-0.05, 0) is 43.2 Å². The van der Waals surface area contributed by atoms with Gasteiger partial charge in [-0.1, -0.05) is 41.9 Å². The minimum Gasteiger partial charge on any atom is -0.347 e. The molecule has 0 atom stereocenters. The van der Waals surface area contributed by atoms with Crippen LogP contribution in [-0.2, 0) is 16.0 Å². The molecule has 2 aromatic carbocycles. The van der Waals surface area contributed by atoms with Crippen LogP contribution in [0.2, 0.25) is 5.02 Å². The van der Waals surface area contributed by atoms with Crippen LogP contribution in [0.15, 0.2) is 54.6 Å². The maximum atomic E-state index is 12.2. The number of nitrogens with zero attached hydrogens (tertiary/aromatic N) is 1. The zero-order chi connectivity index (χ0) is 18.5. The van der Waals surface area contributed by atoms with Gasteiger partial charge in [0.2, 0.25) is 0 Å². The Balaban J connectivity index is 1.61. The second-order valence-corrected chi connectivity index (χ2v) is 6.35. The normalized spacial score (nSPS) is 10.5. The summed E-state index contributed by atoms with van der Waals surface area (Å²) < 4.78 is 0. The van der Waals surface area contributed by atoms with Crippen molar-refractivity contribution in [1.82, 2.24) is 10.3 Å². The fraction of sp³-hybridized carbons (Fsp3) is 0.150. The van der Waals surface area contributed by atoms with Crippen molar-refractivity contribution < 1.29 is 9.59 Å². The molecule has 0 aliphatic carbocycles. The fourth-order valence-corrected chi connectivity index (χ4v) is 2.77. The zero-order valence-corrected chi connectivity index (χ0v) is 15.0. The molecule has 26 heavy (non-hydrogen) atoms. The van der Waals surface area contributed by atoms with Gasteiger partial charge in [-0.15, -0.1) is 0 Å². The van der Waals surface area contributed by atoms with E-state index in [9.17, 15) is 9.59 Å². The molecule has 132 valence electrons. The average Bonchev–Trinajstić information content (AvgIpc) is 2.63. The SMILES string of the molecule is Cc1cc(NC(=O)C(=O)NCCc2ccc(Cl)cc2)c2ccccc2n1. The summed E-state index contributed by atoms with van der Waals surface area (Å²) in [7, 11) is 0. The first-order valence-electron chi connectivity index (χ1n) is 8.23. The van der Waals surface area contributed by atoms with Crippen molar-refractivity contribution in [2.45, 2.75) is 13.3 Å². The Bertz CT molecular complexity index is 955. The van der Waals surface area contributed by atoms with E-state index in [0.717, 1.165) is 22.2 Å². The highest BCUT2D eigenvalue weighted by atomic mass is 35.5. The number of amides is 2. The largest absolute Gasteiger partial charge is 0.347 e. The van der Waals surface area contributed by atoms with E-state index in [2.05, 4.69) is 15.6 Å². The van der Waals surface area contributed by atoms with Gasteiger partial charge in [-0.25, -0.2) is 0 Å². The molecule has 5 nitrogen and oxygen atoms in total. The summed E-state index contributed by atoms with van der Waals surface area (Å²) in [5.41, 5.74) is 3.14. The minimum absolute atomic E-state index is 0.365. The van der Waals surface area contributed by atoms with Crippen molar-refractivity contribution >= 4 is 40.0 Å². The van der Waals surface area contributed by atoms with Crippen molar-refractivity contribution in [2.75, 3.05) is 11.9 Å². The number of nitrogens with one attached hydrogen (secondary N) is 2. The first-order valence-corrected chi connectivity index (χ1v) is 8.61. The van der Waals surface area contributed by atoms with E-state index < -0.39 is 11.8 Å². The highest BCUT2D eigenvalue weighted by Crippen LogP contribution is 2.22. The third-order valence-corrected chi connectivity index (χ3v) is 4.16. The van der Waals surface area contributed by atoms with Crippen molar-refractivity contribution in [3.63, 3.8) is 0 Å². The van der Waals surface area contributed by atoms with Crippen LogP contribution in [0.25, 0.3) is 10.9 Å². The quantitative estimate of drug-likeness (QED) is 0.693. The van der Waals surface area contributed by atoms with Crippen LogP contribution in [0.4, 0.5) is 5.69 Å². The molecule has 0 radical (unpaired) electrons. The number of hydrogen-bond acceptors (Lipinski definition) is 3. The predicted octanol–water partition coefficient (Wildman–Crippen LogP) is 3.49. The number of pyridine rings is 1. The van der Waals surface area contributed by atoms with Gasteiger partial charge in [0.15, 0.2) is 0 Å². The molecule has 6 heteroatoms. The summed E-state index contributed by atoms with van der Waals surface area (Å²) >= 11 is 5.84. The van der Waals surface area contributed by atoms with Crippen LogP contribution >= 0.6 is 11.6 Å². The van der Waals surface area contributed by atoms with Gasteiger partial charge >= 0.3 is 11.8 Å². The molecular weight excluding hydrogens is 350 g/mol. The Labute approximate surface area is 156 Å². The monoisotopic (exact) mass is 367 g/mol. The smallest absolute Gasteiger partial charge is 0.313 e. The van der Waals surface area contributed by atoms with Crippen LogP contribution in [-0.4, -0.2) is 23.3 Å². The number of fused-ring (bicyclic) bond motifs is 1. The number of hydrogen-bond donors (Lipinski definition) is 2. The van der Waals surface area contributed by atoms with E-state index in [-0.39, 0.29) is 0 Å². The van der Waals surface area contributed by atoms with Crippen molar-refractivity contribution in [3.8, 4) is 0 Å².